The van der Waals surface area contributed by atoms with E-state index in [9.17, 15) is 22.1 Å². The van der Waals surface area contributed by atoms with Gasteiger partial charge in [0.05, 0.1) is 6.54 Å². The van der Waals surface area contributed by atoms with Crippen LogP contribution in [0.2, 0.25) is 0 Å². The third kappa shape index (κ3) is 8.55. The highest BCUT2D eigenvalue weighted by molar-refractivity contribution is 6.50. The minimum absolute atomic E-state index is 0.179. The number of amides is 1. The Balaban J connectivity index is 0.000000621. The summed E-state index contributed by atoms with van der Waals surface area (Å²) in [5.41, 5.74) is 0. The number of hydrogen-bond acceptors (Lipinski definition) is 1. The smallest absolute Gasteiger partial charge is 0.418 e. The number of aryl methyl sites for hydroxylation is 1. The van der Waals surface area contributed by atoms with Gasteiger partial charge in [0, 0.05) is 13.1 Å². The van der Waals surface area contributed by atoms with Crippen molar-refractivity contribution < 1.29 is 26.6 Å². The molecule has 0 aliphatic rings. The standard InChI is InChI=1S/C11H20N3O.BF4/c1-4-12-7-8-13(10-12)9-11(15)14(5-2)6-3;2-1(3,4)5/h7-8,10H,4-6,9H2,1-3H3;/q+1;-1. The summed E-state index contributed by atoms with van der Waals surface area (Å²) in [7, 11) is -6.00. The van der Waals surface area contributed by atoms with Gasteiger partial charge in [0.15, 0.2) is 6.54 Å². The SMILES string of the molecule is CCN(CC)C(=O)C[n+]1ccn(CC)c1.F[B-](F)(F)F. The lowest BCUT2D eigenvalue weighted by Crippen LogP contribution is -2.43. The second-order valence-corrected chi connectivity index (χ2v) is 3.98. The maximum Gasteiger partial charge on any atom is 0.673 e. The van der Waals surface area contributed by atoms with Gasteiger partial charge < -0.3 is 22.2 Å². The fourth-order valence-electron chi connectivity index (χ4n) is 1.55. The van der Waals surface area contributed by atoms with Crippen LogP contribution in [-0.2, 0) is 17.9 Å². The molecule has 1 amide bonds. The van der Waals surface area contributed by atoms with Crippen LogP contribution in [0.4, 0.5) is 17.3 Å². The largest absolute Gasteiger partial charge is 0.673 e. The van der Waals surface area contributed by atoms with Crippen LogP contribution in [0, 0.1) is 0 Å². The molecule has 0 bridgehead atoms. The zero-order valence-corrected chi connectivity index (χ0v) is 11.9. The van der Waals surface area contributed by atoms with Crippen molar-refractivity contribution in [2.75, 3.05) is 13.1 Å². The Morgan fingerprint density at radius 3 is 2.05 bits per heavy atom. The van der Waals surface area contributed by atoms with Gasteiger partial charge in [-0.1, -0.05) is 0 Å². The Bertz CT molecular complexity index is 399. The van der Waals surface area contributed by atoms with Crippen LogP contribution in [0.1, 0.15) is 20.8 Å². The van der Waals surface area contributed by atoms with Gasteiger partial charge in [0.25, 0.3) is 5.91 Å². The van der Waals surface area contributed by atoms with Crippen LogP contribution in [0.3, 0.4) is 0 Å². The van der Waals surface area contributed by atoms with E-state index in [0.29, 0.717) is 6.54 Å². The maximum absolute atomic E-state index is 11.8. The van der Waals surface area contributed by atoms with Gasteiger partial charge in [0.1, 0.15) is 12.4 Å². The Hall–Kier alpha value is -1.54. The van der Waals surface area contributed by atoms with Crippen LogP contribution >= 0.6 is 0 Å². The monoisotopic (exact) mass is 297 g/mol. The van der Waals surface area contributed by atoms with Crippen molar-refractivity contribution in [1.29, 1.82) is 0 Å². The van der Waals surface area contributed by atoms with Crippen molar-refractivity contribution in [1.82, 2.24) is 9.47 Å². The molecule has 0 aliphatic heterocycles. The summed E-state index contributed by atoms with van der Waals surface area (Å²) < 4.78 is 43.0. The quantitative estimate of drug-likeness (QED) is 0.464. The first-order chi connectivity index (χ1) is 9.21. The summed E-state index contributed by atoms with van der Waals surface area (Å²) in [6, 6.07) is 0. The lowest BCUT2D eigenvalue weighted by Gasteiger charge is -2.16. The van der Waals surface area contributed by atoms with Crippen molar-refractivity contribution in [2.24, 2.45) is 0 Å². The molecule has 0 unspecified atom stereocenters. The molecule has 0 N–H and O–H groups in total. The molecule has 0 atom stereocenters. The van der Waals surface area contributed by atoms with Crippen molar-refractivity contribution in [2.45, 2.75) is 33.9 Å². The van der Waals surface area contributed by atoms with E-state index in [4.69, 9.17) is 0 Å². The Labute approximate surface area is 116 Å². The Morgan fingerprint density at radius 2 is 1.70 bits per heavy atom. The van der Waals surface area contributed by atoms with E-state index in [1.807, 2.05) is 42.0 Å². The molecule has 0 saturated carbocycles. The molecule has 0 aliphatic carbocycles. The molecule has 1 rings (SSSR count). The number of carbonyl (C=O) groups is 1. The van der Waals surface area contributed by atoms with E-state index in [1.165, 1.54) is 0 Å². The molecule has 1 aromatic heterocycles. The third-order valence-electron chi connectivity index (χ3n) is 2.55. The van der Waals surface area contributed by atoms with E-state index in [2.05, 4.69) is 11.5 Å². The highest BCUT2D eigenvalue weighted by Gasteiger charge is 2.20. The highest BCUT2D eigenvalue weighted by atomic mass is 19.5. The van der Waals surface area contributed by atoms with Crippen LogP contribution < -0.4 is 4.57 Å². The predicted octanol–water partition coefficient (Wildman–Crippen LogP) is 1.96. The molecule has 0 radical (unpaired) electrons. The molecule has 0 fully saturated rings. The number of nitrogens with zero attached hydrogens (tertiary/aromatic N) is 3. The summed E-state index contributed by atoms with van der Waals surface area (Å²) in [5.74, 6) is 0.179. The molecule has 9 heteroatoms. The molecule has 0 spiro atoms. The van der Waals surface area contributed by atoms with Gasteiger partial charge in [-0.25, -0.2) is 9.13 Å². The summed E-state index contributed by atoms with van der Waals surface area (Å²) >= 11 is 0. The maximum atomic E-state index is 11.8. The minimum atomic E-state index is -6.00. The van der Waals surface area contributed by atoms with E-state index in [1.54, 1.807) is 0 Å². The fourth-order valence-corrected chi connectivity index (χ4v) is 1.55. The van der Waals surface area contributed by atoms with Crippen LogP contribution in [-0.4, -0.2) is 35.7 Å². The third-order valence-corrected chi connectivity index (χ3v) is 2.55. The molecule has 0 aromatic carbocycles. The molecule has 4 nitrogen and oxygen atoms in total. The van der Waals surface area contributed by atoms with Crippen molar-refractivity contribution >= 4 is 13.2 Å². The molecule has 1 heterocycles. The molecule has 0 saturated heterocycles. The second-order valence-electron chi connectivity index (χ2n) is 3.98. The number of aromatic nitrogens is 2. The molecular formula is C11H20BF4N3O. The summed E-state index contributed by atoms with van der Waals surface area (Å²) in [6.45, 7) is 9.03. The fraction of sp³-hybridized carbons (Fsp3) is 0.636. The Morgan fingerprint density at radius 1 is 1.20 bits per heavy atom. The van der Waals surface area contributed by atoms with Crippen molar-refractivity contribution in [3.8, 4) is 0 Å². The van der Waals surface area contributed by atoms with Gasteiger partial charge in [0.2, 0.25) is 6.33 Å². The summed E-state index contributed by atoms with van der Waals surface area (Å²) in [6.07, 6.45) is 5.88. The van der Waals surface area contributed by atoms with Gasteiger partial charge in [-0.15, -0.1) is 0 Å². The lowest BCUT2D eigenvalue weighted by atomic mass is 10.3. The van der Waals surface area contributed by atoms with Crippen LogP contribution in [0.15, 0.2) is 18.7 Å². The molecule has 20 heavy (non-hydrogen) atoms. The van der Waals surface area contributed by atoms with E-state index in [-0.39, 0.29) is 5.91 Å². The number of hydrogen-bond donors (Lipinski definition) is 0. The molecular weight excluding hydrogens is 277 g/mol. The van der Waals surface area contributed by atoms with Gasteiger partial charge in [-0.05, 0) is 20.8 Å². The first-order valence-corrected chi connectivity index (χ1v) is 6.41. The predicted molar refractivity (Wildman–Crippen MR) is 68.4 cm³/mol. The second kappa shape index (κ2) is 8.60. The first kappa shape index (κ1) is 18.5. The van der Waals surface area contributed by atoms with Crippen LogP contribution in [0.5, 0.6) is 0 Å². The number of halogens is 4. The normalized spacial score (nSPS) is 10.8. The number of carbonyl (C=O) groups excluding carboxylic acids is 1. The summed E-state index contributed by atoms with van der Waals surface area (Å²) in [4.78, 5) is 13.6. The number of imidazole rings is 1. The van der Waals surface area contributed by atoms with E-state index in [0.717, 1.165) is 19.6 Å². The molecule has 116 valence electrons. The number of likely N-dealkylation sites (N-methyl/N-ethyl adjacent to an activating group) is 1. The Kier molecular flexibility index (Phi) is 7.94. The van der Waals surface area contributed by atoms with Crippen molar-refractivity contribution in [3.05, 3.63) is 18.7 Å². The highest BCUT2D eigenvalue weighted by Crippen LogP contribution is 2.06. The van der Waals surface area contributed by atoms with Crippen molar-refractivity contribution in [3.63, 3.8) is 0 Å². The topological polar surface area (TPSA) is 29.1 Å². The van der Waals surface area contributed by atoms with Crippen LogP contribution in [0.25, 0.3) is 0 Å². The lowest BCUT2D eigenvalue weighted by molar-refractivity contribution is -0.684. The first-order valence-electron chi connectivity index (χ1n) is 6.41. The average Bonchev–Trinajstić information content (AvgIpc) is 2.76. The summed E-state index contributed by atoms with van der Waals surface area (Å²) in [5, 5.41) is 0. The van der Waals surface area contributed by atoms with Gasteiger partial charge >= 0.3 is 7.25 Å². The molecule has 1 aromatic rings. The van der Waals surface area contributed by atoms with Gasteiger partial charge in [-0.2, -0.15) is 0 Å². The minimum Gasteiger partial charge on any atom is -0.418 e. The van der Waals surface area contributed by atoms with E-state index >= 15 is 0 Å². The number of rotatable bonds is 5. The zero-order valence-electron chi connectivity index (χ0n) is 11.9. The zero-order chi connectivity index (χ0) is 15.8. The average molecular weight is 297 g/mol. The van der Waals surface area contributed by atoms with E-state index < -0.39 is 7.25 Å². The van der Waals surface area contributed by atoms with Gasteiger partial charge in [-0.3, -0.25) is 4.79 Å².